The minimum atomic E-state index is -4.46. The molecule has 24 heavy (non-hydrogen) atoms. The summed E-state index contributed by atoms with van der Waals surface area (Å²) in [6.07, 6.45) is -5.37. The van der Waals surface area contributed by atoms with E-state index in [1.54, 1.807) is 0 Å². The SMILES string of the molecule is O=C(O)CN(Cc1ccc(C(F)(F)F)cc1)C(=O)[C@H]1COCCO1. The molecule has 9 heteroatoms. The molecule has 1 aliphatic rings. The predicted molar refractivity (Wildman–Crippen MR) is 75.1 cm³/mol. The van der Waals surface area contributed by atoms with Crippen LogP contribution in [-0.4, -0.2) is 54.4 Å². The van der Waals surface area contributed by atoms with Crippen LogP contribution in [-0.2, 0) is 31.8 Å². The Hall–Kier alpha value is -2.13. The normalized spacial score (nSPS) is 18.2. The third-order valence-electron chi connectivity index (χ3n) is 3.38. The van der Waals surface area contributed by atoms with Gasteiger partial charge in [-0.2, -0.15) is 13.2 Å². The minimum Gasteiger partial charge on any atom is -0.480 e. The Kier molecular flexibility index (Phi) is 5.79. The van der Waals surface area contributed by atoms with Crippen LogP contribution in [0.4, 0.5) is 13.2 Å². The fourth-order valence-corrected chi connectivity index (χ4v) is 2.23. The van der Waals surface area contributed by atoms with Gasteiger partial charge in [-0.25, -0.2) is 0 Å². The molecule has 2 rings (SSSR count). The molecule has 1 N–H and O–H groups in total. The van der Waals surface area contributed by atoms with Crippen LogP contribution in [0.5, 0.6) is 0 Å². The van der Waals surface area contributed by atoms with Crippen molar-refractivity contribution in [3.05, 3.63) is 35.4 Å². The summed E-state index contributed by atoms with van der Waals surface area (Å²) in [4.78, 5) is 24.3. The average molecular weight is 347 g/mol. The molecule has 0 saturated carbocycles. The lowest BCUT2D eigenvalue weighted by molar-refractivity contribution is -0.162. The molecule has 0 radical (unpaired) electrons. The van der Waals surface area contributed by atoms with Gasteiger partial charge in [0.15, 0.2) is 6.10 Å². The molecule has 1 saturated heterocycles. The quantitative estimate of drug-likeness (QED) is 0.874. The number of alkyl halides is 3. The lowest BCUT2D eigenvalue weighted by Crippen LogP contribution is -2.46. The van der Waals surface area contributed by atoms with Gasteiger partial charge in [-0.3, -0.25) is 9.59 Å². The van der Waals surface area contributed by atoms with Crippen molar-refractivity contribution in [1.29, 1.82) is 0 Å². The summed E-state index contributed by atoms with van der Waals surface area (Å²) in [6, 6.07) is 4.20. The van der Waals surface area contributed by atoms with Gasteiger partial charge in [0.05, 0.1) is 25.4 Å². The Balaban J connectivity index is 2.10. The van der Waals surface area contributed by atoms with Crippen molar-refractivity contribution in [2.45, 2.75) is 18.8 Å². The first kappa shape index (κ1) is 18.2. The number of carbonyl (C=O) groups excluding carboxylic acids is 1. The van der Waals surface area contributed by atoms with Gasteiger partial charge in [-0.15, -0.1) is 0 Å². The first-order valence-corrected chi connectivity index (χ1v) is 7.13. The second-order valence-electron chi connectivity index (χ2n) is 5.22. The molecule has 132 valence electrons. The maximum atomic E-state index is 12.6. The minimum absolute atomic E-state index is 0.0158. The van der Waals surface area contributed by atoms with Crippen LogP contribution in [0.25, 0.3) is 0 Å². The summed E-state index contributed by atoms with van der Waals surface area (Å²) in [6.45, 7) is -0.135. The van der Waals surface area contributed by atoms with E-state index in [2.05, 4.69) is 0 Å². The lowest BCUT2D eigenvalue weighted by atomic mass is 10.1. The number of halogens is 3. The van der Waals surface area contributed by atoms with E-state index in [0.717, 1.165) is 17.0 Å². The highest BCUT2D eigenvalue weighted by atomic mass is 19.4. The molecule has 1 aliphatic heterocycles. The van der Waals surface area contributed by atoms with Crippen molar-refractivity contribution in [3.63, 3.8) is 0 Å². The second kappa shape index (κ2) is 7.63. The molecule has 0 aromatic heterocycles. The van der Waals surface area contributed by atoms with Crippen molar-refractivity contribution in [2.24, 2.45) is 0 Å². The van der Waals surface area contributed by atoms with Gasteiger partial charge >= 0.3 is 12.1 Å². The number of aliphatic carboxylic acids is 1. The largest absolute Gasteiger partial charge is 0.480 e. The summed E-state index contributed by atoms with van der Waals surface area (Å²) < 4.78 is 48.0. The van der Waals surface area contributed by atoms with Crippen molar-refractivity contribution < 1.29 is 37.3 Å². The van der Waals surface area contributed by atoms with E-state index in [4.69, 9.17) is 14.6 Å². The van der Waals surface area contributed by atoms with Crippen molar-refractivity contribution in [2.75, 3.05) is 26.4 Å². The molecule has 6 nitrogen and oxygen atoms in total. The van der Waals surface area contributed by atoms with E-state index in [9.17, 15) is 22.8 Å². The summed E-state index contributed by atoms with van der Waals surface area (Å²) in [5.41, 5.74) is -0.430. The highest BCUT2D eigenvalue weighted by Crippen LogP contribution is 2.29. The zero-order valence-electron chi connectivity index (χ0n) is 12.6. The number of amides is 1. The van der Waals surface area contributed by atoms with Gasteiger partial charge in [0, 0.05) is 6.54 Å². The molecule has 1 amide bonds. The Bertz CT molecular complexity index is 582. The zero-order valence-corrected chi connectivity index (χ0v) is 12.6. The van der Waals surface area contributed by atoms with Crippen molar-refractivity contribution >= 4 is 11.9 Å². The van der Waals surface area contributed by atoms with Crippen LogP contribution < -0.4 is 0 Å². The summed E-state index contributed by atoms with van der Waals surface area (Å²) in [7, 11) is 0. The zero-order chi connectivity index (χ0) is 17.7. The first-order valence-electron chi connectivity index (χ1n) is 7.13. The van der Waals surface area contributed by atoms with E-state index < -0.39 is 36.3 Å². The number of hydrogen-bond acceptors (Lipinski definition) is 4. The number of rotatable bonds is 5. The lowest BCUT2D eigenvalue weighted by Gasteiger charge is -2.28. The highest BCUT2D eigenvalue weighted by molar-refractivity contribution is 5.84. The van der Waals surface area contributed by atoms with E-state index in [1.807, 2.05) is 0 Å². The van der Waals surface area contributed by atoms with Crippen LogP contribution in [0, 0.1) is 0 Å². The molecule has 1 fully saturated rings. The fourth-order valence-electron chi connectivity index (χ4n) is 2.23. The smallest absolute Gasteiger partial charge is 0.416 e. The van der Waals surface area contributed by atoms with E-state index >= 15 is 0 Å². The predicted octanol–water partition coefficient (Wildman–Crippen LogP) is 1.53. The Morgan fingerprint density at radius 3 is 2.38 bits per heavy atom. The van der Waals surface area contributed by atoms with Gasteiger partial charge in [-0.1, -0.05) is 12.1 Å². The molecular weight excluding hydrogens is 331 g/mol. The van der Waals surface area contributed by atoms with E-state index in [-0.39, 0.29) is 19.8 Å². The Morgan fingerprint density at radius 2 is 1.88 bits per heavy atom. The molecule has 0 bridgehead atoms. The molecular formula is C15H16F3NO5. The molecule has 0 spiro atoms. The van der Waals surface area contributed by atoms with Gasteiger partial charge in [0.25, 0.3) is 5.91 Å². The van der Waals surface area contributed by atoms with Crippen molar-refractivity contribution in [1.82, 2.24) is 4.90 Å². The topological polar surface area (TPSA) is 76.1 Å². The summed E-state index contributed by atoms with van der Waals surface area (Å²) in [5.74, 6) is -1.80. The number of ether oxygens (including phenoxy) is 2. The van der Waals surface area contributed by atoms with Crippen molar-refractivity contribution in [3.8, 4) is 0 Å². The van der Waals surface area contributed by atoms with Gasteiger partial charge in [-0.05, 0) is 17.7 Å². The number of carboxylic acid groups (broad SMARTS) is 1. The second-order valence-corrected chi connectivity index (χ2v) is 5.22. The van der Waals surface area contributed by atoms with Crippen LogP contribution in [0.2, 0.25) is 0 Å². The molecule has 1 aromatic carbocycles. The van der Waals surface area contributed by atoms with Gasteiger partial charge in [0.2, 0.25) is 0 Å². The summed E-state index contributed by atoms with van der Waals surface area (Å²) >= 11 is 0. The van der Waals surface area contributed by atoms with Gasteiger partial charge < -0.3 is 19.5 Å². The van der Waals surface area contributed by atoms with Crippen LogP contribution in [0.1, 0.15) is 11.1 Å². The maximum Gasteiger partial charge on any atom is 0.416 e. The third-order valence-corrected chi connectivity index (χ3v) is 3.38. The number of carbonyl (C=O) groups is 2. The molecule has 1 aromatic rings. The van der Waals surface area contributed by atoms with Crippen LogP contribution in [0.3, 0.4) is 0 Å². The standard InChI is InChI=1S/C15H16F3NO5/c16-15(17,18)11-3-1-10(2-4-11)7-19(8-13(20)21)14(22)12-9-23-5-6-24-12/h1-4,12H,5-9H2,(H,20,21)/t12-/m1/s1. The summed E-state index contributed by atoms with van der Waals surface area (Å²) in [5, 5.41) is 8.95. The number of carboxylic acids is 1. The molecule has 1 atom stereocenters. The number of benzene rings is 1. The highest BCUT2D eigenvalue weighted by Gasteiger charge is 2.31. The van der Waals surface area contributed by atoms with Crippen LogP contribution in [0.15, 0.2) is 24.3 Å². The first-order chi connectivity index (χ1) is 11.3. The third kappa shape index (κ3) is 4.93. The Morgan fingerprint density at radius 1 is 1.21 bits per heavy atom. The van der Waals surface area contributed by atoms with E-state index in [1.165, 1.54) is 12.1 Å². The fraction of sp³-hybridized carbons (Fsp3) is 0.467. The van der Waals surface area contributed by atoms with Gasteiger partial charge in [0.1, 0.15) is 6.54 Å². The molecule has 0 unspecified atom stereocenters. The number of hydrogen-bond donors (Lipinski definition) is 1. The maximum absolute atomic E-state index is 12.6. The van der Waals surface area contributed by atoms with E-state index in [0.29, 0.717) is 12.2 Å². The molecule has 1 heterocycles. The van der Waals surface area contributed by atoms with Crippen LogP contribution >= 0.6 is 0 Å². The molecule has 0 aliphatic carbocycles. The average Bonchev–Trinajstić information content (AvgIpc) is 2.53. The number of nitrogens with zero attached hydrogens (tertiary/aromatic N) is 1. The Labute approximate surface area is 135 Å². The monoisotopic (exact) mass is 347 g/mol.